The van der Waals surface area contributed by atoms with E-state index in [0.717, 1.165) is 9.87 Å². The third-order valence-electron chi connectivity index (χ3n) is 9.11. The monoisotopic (exact) mass is 832 g/mol. The zero-order valence-electron chi connectivity index (χ0n) is 31.0. The van der Waals surface area contributed by atoms with Crippen LogP contribution in [0.25, 0.3) is 0 Å². The summed E-state index contributed by atoms with van der Waals surface area (Å²) in [5.41, 5.74) is 2.79. The molecule has 56 heavy (non-hydrogen) atoms. The van der Waals surface area contributed by atoms with Crippen molar-refractivity contribution in [3.63, 3.8) is 0 Å². The van der Waals surface area contributed by atoms with E-state index in [0.29, 0.717) is 29.8 Å². The number of rotatable bonds is 16. The number of aliphatic carboxylic acids is 1. The van der Waals surface area contributed by atoms with Gasteiger partial charge in [-0.3, -0.25) is 14.4 Å². The SMILES string of the molecule is C.Cc1ccccc1NC(=O)Nc1ccc(CC(=O)N(C)C(CC(C)C)C(=O)NCCC(NC(=O)C2CCCN2S(=O)(=O)c2cc(Cl)cc(Cl)c2)C(=O)O)cc1. The van der Waals surface area contributed by atoms with Crippen LogP contribution >= 0.6 is 23.2 Å². The third kappa shape index (κ3) is 12.4. The first-order valence-corrected chi connectivity index (χ1v) is 19.9. The zero-order chi connectivity index (χ0) is 40.4. The van der Waals surface area contributed by atoms with Crippen LogP contribution in [0.3, 0.4) is 0 Å². The Morgan fingerprint density at radius 1 is 0.964 bits per heavy atom. The van der Waals surface area contributed by atoms with Gasteiger partial charge in [-0.05, 0) is 86.1 Å². The molecule has 0 aliphatic carbocycles. The van der Waals surface area contributed by atoms with Crippen molar-refractivity contribution < 1.29 is 37.5 Å². The van der Waals surface area contributed by atoms with Crippen molar-refractivity contribution in [2.24, 2.45) is 5.92 Å². The molecule has 0 aromatic heterocycles. The standard InChI is InChI=1S/C38H46Cl2N6O8S.CH4/c1-23(2)18-33(45(4)34(47)19-25-11-13-28(14-12-25)42-38(52)44-30-9-6-5-8-24(30)3)35(48)41-16-15-31(37(50)51)43-36(49)32-10-7-17-46(32)55(53,54)29-21-26(39)20-27(40)22-29;/h5-6,8-9,11-14,20-23,31-33H,7,10,15-19H2,1-4H3,(H,41,48)(H,43,49)(H,50,51)(H2,42,44,52);1H4. The number of nitrogens with one attached hydrogen (secondary N) is 4. The molecule has 5 N–H and O–H groups in total. The molecule has 3 unspecified atom stereocenters. The van der Waals surface area contributed by atoms with E-state index in [1.54, 1.807) is 30.3 Å². The van der Waals surface area contributed by atoms with E-state index < -0.39 is 52.0 Å². The first-order valence-electron chi connectivity index (χ1n) is 17.7. The number of carboxylic acids is 1. The summed E-state index contributed by atoms with van der Waals surface area (Å²) in [5.74, 6) is -2.94. The molecule has 0 radical (unpaired) electrons. The van der Waals surface area contributed by atoms with Crippen molar-refractivity contribution in [3.05, 3.63) is 87.9 Å². The molecule has 1 aliphatic rings. The molecule has 1 fully saturated rings. The Hall–Kier alpha value is -4.70. The topological polar surface area (TPSA) is 194 Å². The van der Waals surface area contributed by atoms with E-state index in [4.69, 9.17) is 23.2 Å². The first kappa shape index (κ1) is 45.7. The lowest BCUT2D eigenvalue weighted by atomic mass is 10.0. The fraction of sp³-hybridized carbons (Fsp3) is 0.410. The van der Waals surface area contributed by atoms with Crippen LogP contribution in [0.4, 0.5) is 16.2 Å². The number of carboxylic acid groups (broad SMARTS) is 1. The summed E-state index contributed by atoms with van der Waals surface area (Å²) in [6.45, 7) is 5.59. The van der Waals surface area contributed by atoms with Crippen molar-refractivity contribution in [1.29, 1.82) is 0 Å². The maximum Gasteiger partial charge on any atom is 0.326 e. The van der Waals surface area contributed by atoms with E-state index in [1.165, 1.54) is 30.1 Å². The van der Waals surface area contributed by atoms with Gasteiger partial charge in [0.2, 0.25) is 27.7 Å². The highest BCUT2D eigenvalue weighted by molar-refractivity contribution is 7.89. The van der Waals surface area contributed by atoms with Crippen LogP contribution < -0.4 is 21.3 Å². The number of nitrogens with zero attached hydrogens (tertiary/aromatic N) is 2. The zero-order valence-corrected chi connectivity index (χ0v) is 33.3. The van der Waals surface area contributed by atoms with Gasteiger partial charge in [0.15, 0.2) is 0 Å². The lowest BCUT2D eigenvalue weighted by Gasteiger charge is -2.29. The number of hydrogen-bond acceptors (Lipinski definition) is 7. The molecular formula is C39H50Cl2N6O8S. The minimum Gasteiger partial charge on any atom is -0.480 e. The summed E-state index contributed by atoms with van der Waals surface area (Å²) >= 11 is 12.0. The molecule has 5 amide bonds. The fourth-order valence-corrected chi connectivity index (χ4v) is 8.53. The summed E-state index contributed by atoms with van der Waals surface area (Å²) in [5, 5.41) is 20.8. The number of carbonyl (C=O) groups excluding carboxylic acids is 4. The number of hydrogen-bond donors (Lipinski definition) is 5. The number of likely N-dealkylation sites (N-methyl/N-ethyl adjacent to an activating group) is 1. The molecule has 1 heterocycles. The average Bonchev–Trinajstić information content (AvgIpc) is 3.62. The van der Waals surface area contributed by atoms with Gasteiger partial charge in [0, 0.05) is 41.6 Å². The second-order valence-electron chi connectivity index (χ2n) is 13.8. The molecule has 0 spiro atoms. The fourth-order valence-electron chi connectivity index (χ4n) is 6.15. The van der Waals surface area contributed by atoms with Crippen LogP contribution in [0.15, 0.2) is 71.6 Å². The molecule has 304 valence electrons. The molecule has 3 aromatic rings. The number of urea groups is 1. The van der Waals surface area contributed by atoms with Crippen molar-refractivity contribution in [3.8, 4) is 0 Å². The van der Waals surface area contributed by atoms with Crippen LogP contribution in [0.5, 0.6) is 0 Å². The molecule has 17 heteroatoms. The maximum absolute atomic E-state index is 13.4. The molecule has 4 rings (SSSR count). The molecule has 0 bridgehead atoms. The van der Waals surface area contributed by atoms with E-state index in [-0.39, 0.29) is 66.5 Å². The Labute approximate surface area is 338 Å². The number of aryl methyl sites for hydroxylation is 1. The van der Waals surface area contributed by atoms with Crippen LogP contribution in [0.1, 0.15) is 58.1 Å². The Bertz CT molecular complexity index is 1980. The normalized spacial score (nSPS) is 15.2. The summed E-state index contributed by atoms with van der Waals surface area (Å²) in [6, 6.07) is 14.1. The Morgan fingerprint density at radius 3 is 2.21 bits per heavy atom. The van der Waals surface area contributed by atoms with Crippen molar-refractivity contribution >= 4 is 74.3 Å². The summed E-state index contributed by atoms with van der Waals surface area (Å²) in [7, 11) is -2.66. The summed E-state index contributed by atoms with van der Waals surface area (Å²) in [4.78, 5) is 65.8. The van der Waals surface area contributed by atoms with Gasteiger partial charge in [-0.15, -0.1) is 0 Å². The average molecular weight is 834 g/mol. The van der Waals surface area contributed by atoms with E-state index >= 15 is 0 Å². The van der Waals surface area contributed by atoms with Crippen LogP contribution in [0, 0.1) is 12.8 Å². The van der Waals surface area contributed by atoms with Gasteiger partial charge >= 0.3 is 12.0 Å². The van der Waals surface area contributed by atoms with Gasteiger partial charge in [-0.25, -0.2) is 18.0 Å². The molecule has 1 aliphatic heterocycles. The van der Waals surface area contributed by atoms with Gasteiger partial charge in [-0.1, -0.05) is 74.8 Å². The number of anilines is 2. The molecule has 1 saturated heterocycles. The predicted octanol–water partition coefficient (Wildman–Crippen LogP) is 5.93. The highest BCUT2D eigenvalue weighted by atomic mass is 35.5. The first-order chi connectivity index (χ1) is 26.0. The molecule has 3 atom stereocenters. The van der Waals surface area contributed by atoms with Crippen LogP contribution in [-0.2, 0) is 35.6 Å². The van der Waals surface area contributed by atoms with Crippen molar-refractivity contribution in [1.82, 2.24) is 19.8 Å². The highest BCUT2D eigenvalue weighted by Crippen LogP contribution is 2.30. The van der Waals surface area contributed by atoms with Gasteiger partial charge in [-0.2, -0.15) is 4.31 Å². The summed E-state index contributed by atoms with van der Waals surface area (Å²) in [6.07, 6.45) is 0.659. The Morgan fingerprint density at radius 2 is 1.61 bits per heavy atom. The van der Waals surface area contributed by atoms with Gasteiger partial charge in [0.1, 0.15) is 18.1 Å². The van der Waals surface area contributed by atoms with Crippen LogP contribution in [0.2, 0.25) is 10.0 Å². The third-order valence-corrected chi connectivity index (χ3v) is 11.4. The minimum atomic E-state index is -4.19. The number of sulfonamides is 1. The Balaban J connectivity index is 0.00000841. The van der Waals surface area contributed by atoms with Crippen molar-refractivity contribution in [2.75, 3.05) is 30.8 Å². The van der Waals surface area contributed by atoms with E-state index in [9.17, 15) is 37.5 Å². The number of halogens is 2. The lowest BCUT2D eigenvalue weighted by Crippen LogP contribution is -2.52. The molecule has 14 nitrogen and oxygen atoms in total. The molecule has 0 saturated carbocycles. The number of amides is 5. The molecule has 3 aromatic carbocycles. The lowest BCUT2D eigenvalue weighted by molar-refractivity contribution is -0.142. The second kappa shape index (κ2) is 20.5. The number of carbonyl (C=O) groups is 5. The van der Waals surface area contributed by atoms with Gasteiger partial charge in [0.05, 0.1) is 11.3 Å². The molecular weight excluding hydrogens is 783 g/mol. The predicted molar refractivity (Wildman–Crippen MR) is 217 cm³/mol. The quantitative estimate of drug-likeness (QED) is 0.117. The highest BCUT2D eigenvalue weighted by Gasteiger charge is 2.41. The number of para-hydroxylation sites is 1. The minimum absolute atomic E-state index is 0. The van der Waals surface area contributed by atoms with E-state index in [2.05, 4.69) is 21.3 Å². The maximum atomic E-state index is 13.4. The van der Waals surface area contributed by atoms with Crippen LogP contribution in [-0.4, -0.2) is 90.7 Å². The van der Waals surface area contributed by atoms with E-state index in [1.807, 2.05) is 39.0 Å². The summed E-state index contributed by atoms with van der Waals surface area (Å²) < 4.78 is 27.8. The number of benzene rings is 3. The van der Waals surface area contributed by atoms with Crippen molar-refractivity contribution in [2.45, 2.75) is 83.3 Å². The smallest absolute Gasteiger partial charge is 0.326 e. The largest absolute Gasteiger partial charge is 0.480 e. The van der Waals surface area contributed by atoms with Gasteiger partial charge < -0.3 is 31.3 Å². The second-order valence-corrected chi connectivity index (χ2v) is 16.5. The Kier molecular flexibility index (Phi) is 16.7. The van der Waals surface area contributed by atoms with Gasteiger partial charge in [0.25, 0.3) is 0 Å².